The standard InChI is InChI=1S/C28H22BF3N4O3S/c1-15-21(24-22(29)13-33-35(24)2)12-23(40-15)25(37)34-18(11-16-6-5-7-17(10-16)28(30,31)32)14-36-26(38)19-8-3-4-9-20(19)27(36)39/h3-10,12-13,18H,11,14H2,1-2H3,(H,34,37)/t18-/m0/s1. The molecule has 0 saturated heterocycles. The Morgan fingerprint density at radius 3 is 2.33 bits per heavy atom. The molecule has 2 aromatic carbocycles. The van der Waals surface area contributed by atoms with Crippen LogP contribution in [0.3, 0.4) is 0 Å². The summed E-state index contributed by atoms with van der Waals surface area (Å²) >= 11 is 1.22. The molecule has 5 rings (SSSR count). The summed E-state index contributed by atoms with van der Waals surface area (Å²) < 4.78 is 41.7. The van der Waals surface area contributed by atoms with Crippen molar-refractivity contribution in [2.24, 2.45) is 7.05 Å². The number of alkyl halides is 3. The van der Waals surface area contributed by atoms with E-state index in [1.54, 1.807) is 29.9 Å². The minimum absolute atomic E-state index is 0.0467. The maximum absolute atomic E-state index is 13.4. The van der Waals surface area contributed by atoms with E-state index in [0.29, 0.717) is 21.6 Å². The first-order valence-electron chi connectivity index (χ1n) is 12.2. The predicted molar refractivity (Wildman–Crippen MR) is 145 cm³/mol. The molecule has 40 heavy (non-hydrogen) atoms. The van der Waals surface area contributed by atoms with Crippen LogP contribution in [0, 0.1) is 6.92 Å². The second kappa shape index (κ2) is 10.4. The lowest BCUT2D eigenvalue weighted by Crippen LogP contribution is -2.46. The molecule has 2 aromatic heterocycles. The highest BCUT2D eigenvalue weighted by Crippen LogP contribution is 2.31. The number of hydrogen-bond acceptors (Lipinski definition) is 5. The summed E-state index contributed by atoms with van der Waals surface area (Å²) in [5.41, 5.74) is 1.77. The number of amides is 3. The van der Waals surface area contributed by atoms with Gasteiger partial charge in [-0.3, -0.25) is 24.0 Å². The monoisotopic (exact) mass is 562 g/mol. The zero-order valence-corrected chi connectivity index (χ0v) is 22.3. The zero-order chi connectivity index (χ0) is 28.8. The van der Waals surface area contributed by atoms with Gasteiger partial charge < -0.3 is 5.32 Å². The number of aromatic nitrogens is 2. The summed E-state index contributed by atoms with van der Waals surface area (Å²) in [4.78, 5) is 41.6. The second-order valence-electron chi connectivity index (χ2n) is 9.49. The van der Waals surface area contributed by atoms with E-state index in [9.17, 15) is 27.6 Å². The number of nitrogens with one attached hydrogen (secondary N) is 1. The van der Waals surface area contributed by atoms with Gasteiger partial charge in [-0.25, -0.2) is 0 Å². The van der Waals surface area contributed by atoms with Crippen molar-refractivity contribution in [3.63, 3.8) is 0 Å². The van der Waals surface area contributed by atoms with Gasteiger partial charge in [0.05, 0.1) is 33.3 Å². The number of hydrogen-bond donors (Lipinski definition) is 1. The Labute approximate surface area is 233 Å². The van der Waals surface area contributed by atoms with E-state index in [2.05, 4.69) is 10.4 Å². The molecule has 1 atom stereocenters. The smallest absolute Gasteiger partial charge is 0.346 e. The van der Waals surface area contributed by atoms with Gasteiger partial charge in [-0.1, -0.05) is 35.8 Å². The third-order valence-corrected chi connectivity index (χ3v) is 7.77. The quantitative estimate of drug-likeness (QED) is 0.274. The molecule has 12 heteroatoms. The van der Waals surface area contributed by atoms with Crippen LogP contribution in [-0.2, 0) is 19.6 Å². The van der Waals surface area contributed by atoms with E-state index in [1.165, 1.54) is 41.8 Å². The van der Waals surface area contributed by atoms with Crippen LogP contribution in [0.15, 0.2) is 60.8 Å². The van der Waals surface area contributed by atoms with Crippen molar-refractivity contribution in [3.05, 3.63) is 92.8 Å². The molecule has 3 heterocycles. The van der Waals surface area contributed by atoms with Crippen LogP contribution in [-0.4, -0.2) is 52.8 Å². The molecular formula is C28H22BF3N4O3S. The van der Waals surface area contributed by atoms with Crippen LogP contribution in [0.4, 0.5) is 13.2 Å². The molecule has 1 aliphatic heterocycles. The Kier molecular flexibility index (Phi) is 7.13. The van der Waals surface area contributed by atoms with Gasteiger partial charge in [0.1, 0.15) is 7.85 Å². The lowest BCUT2D eigenvalue weighted by atomic mass is 9.93. The van der Waals surface area contributed by atoms with Crippen LogP contribution in [0.25, 0.3) is 11.3 Å². The highest BCUT2D eigenvalue weighted by Gasteiger charge is 2.37. The Morgan fingerprint density at radius 1 is 1.05 bits per heavy atom. The van der Waals surface area contributed by atoms with Gasteiger partial charge in [-0.15, -0.1) is 11.3 Å². The molecule has 2 radical (unpaired) electrons. The molecule has 0 aliphatic carbocycles. The van der Waals surface area contributed by atoms with Crippen molar-refractivity contribution in [1.29, 1.82) is 0 Å². The Balaban J connectivity index is 1.44. The lowest BCUT2D eigenvalue weighted by Gasteiger charge is -2.24. The molecule has 7 nitrogen and oxygen atoms in total. The Bertz CT molecular complexity index is 1590. The topological polar surface area (TPSA) is 84.3 Å². The van der Waals surface area contributed by atoms with Gasteiger partial charge >= 0.3 is 6.18 Å². The highest BCUT2D eigenvalue weighted by molar-refractivity contribution is 7.14. The predicted octanol–water partition coefficient (Wildman–Crippen LogP) is 3.91. The minimum Gasteiger partial charge on any atom is -0.346 e. The molecule has 0 fully saturated rings. The zero-order valence-electron chi connectivity index (χ0n) is 21.5. The average molecular weight is 562 g/mol. The van der Waals surface area contributed by atoms with Crippen LogP contribution in [0.2, 0.25) is 0 Å². The first-order chi connectivity index (χ1) is 18.9. The van der Waals surface area contributed by atoms with Crippen LogP contribution < -0.4 is 10.8 Å². The summed E-state index contributed by atoms with van der Waals surface area (Å²) in [5, 5.41) is 6.98. The Morgan fingerprint density at radius 2 is 1.73 bits per heavy atom. The number of fused-ring (bicyclic) bond motifs is 1. The third-order valence-electron chi connectivity index (χ3n) is 6.72. The summed E-state index contributed by atoms with van der Waals surface area (Å²) in [5.74, 6) is -1.54. The van der Waals surface area contributed by atoms with Crippen molar-refractivity contribution in [2.45, 2.75) is 25.6 Å². The SMILES string of the molecule is [B]c1cnn(C)c1-c1cc(C(=O)N[C@@H](Cc2cccc(C(F)(F)F)c2)CN2C(=O)c3ccccc3C2=O)sc1C. The van der Waals surface area contributed by atoms with E-state index in [-0.39, 0.29) is 24.1 Å². The maximum Gasteiger partial charge on any atom is 0.416 e. The van der Waals surface area contributed by atoms with Gasteiger partial charge in [0.25, 0.3) is 17.7 Å². The molecule has 0 saturated carbocycles. The summed E-state index contributed by atoms with van der Waals surface area (Å²) in [6.07, 6.45) is -3.08. The van der Waals surface area contributed by atoms with Crippen molar-refractivity contribution >= 4 is 42.4 Å². The summed E-state index contributed by atoms with van der Waals surface area (Å²) in [6.45, 7) is 1.61. The normalized spacial score (nSPS) is 14.0. The second-order valence-corrected chi connectivity index (χ2v) is 10.7. The van der Waals surface area contributed by atoms with Gasteiger partial charge in [0.2, 0.25) is 0 Å². The van der Waals surface area contributed by atoms with Gasteiger partial charge in [0.15, 0.2) is 0 Å². The van der Waals surface area contributed by atoms with E-state index in [4.69, 9.17) is 7.85 Å². The molecule has 0 bridgehead atoms. The van der Waals surface area contributed by atoms with E-state index >= 15 is 0 Å². The van der Waals surface area contributed by atoms with Gasteiger partial charge in [-0.05, 0) is 43.2 Å². The molecule has 202 valence electrons. The van der Waals surface area contributed by atoms with Crippen molar-refractivity contribution in [2.75, 3.05) is 6.54 Å². The average Bonchev–Trinajstić information content (AvgIpc) is 3.53. The van der Waals surface area contributed by atoms with E-state index in [0.717, 1.165) is 27.5 Å². The minimum atomic E-state index is -4.55. The fourth-order valence-electron chi connectivity index (χ4n) is 4.82. The summed E-state index contributed by atoms with van der Waals surface area (Å²) in [6, 6.07) is 11.9. The lowest BCUT2D eigenvalue weighted by molar-refractivity contribution is -0.137. The fourth-order valence-corrected chi connectivity index (χ4v) is 5.74. The first kappa shape index (κ1) is 27.4. The number of benzene rings is 2. The first-order valence-corrected chi connectivity index (χ1v) is 13.1. The number of carbonyl (C=O) groups excluding carboxylic acids is 3. The number of halogens is 3. The van der Waals surface area contributed by atoms with Gasteiger partial charge in [-0.2, -0.15) is 18.3 Å². The van der Waals surface area contributed by atoms with Crippen LogP contribution in [0.5, 0.6) is 0 Å². The molecule has 3 amide bonds. The van der Waals surface area contributed by atoms with Gasteiger partial charge in [0, 0.05) is 30.2 Å². The highest BCUT2D eigenvalue weighted by atomic mass is 32.1. The number of nitrogens with zero attached hydrogens (tertiary/aromatic N) is 3. The third kappa shape index (κ3) is 5.18. The number of imide groups is 1. The van der Waals surface area contributed by atoms with Crippen molar-refractivity contribution in [3.8, 4) is 11.3 Å². The molecule has 4 aromatic rings. The number of aryl methyl sites for hydroxylation is 2. The number of thiophene rings is 1. The summed E-state index contributed by atoms with van der Waals surface area (Å²) in [7, 11) is 7.79. The van der Waals surface area contributed by atoms with Crippen LogP contribution in [0.1, 0.15) is 46.4 Å². The van der Waals surface area contributed by atoms with Crippen molar-refractivity contribution in [1.82, 2.24) is 20.0 Å². The fraction of sp³-hybridized carbons (Fsp3) is 0.214. The van der Waals surface area contributed by atoms with Crippen LogP contribution >= 0.6 is 11.3 Å². The Hall–Kier alpha value is -4.19. The number of rotatable bonds is 7. The maximum atomic E-state index is 13.4. The number of carbonyl (C=O) groups is 3. The molecular weight excluding hydrogens is 540 g/mol. The molecule has 1 aliphatic rings. The van der Waals surface area contributed by atoms with E-state index in [1.807, 2.05) is 6.92 Å². The molecule has 0 unspecified atom stereocenters. The van der Waals surface area contributed by atoms with E-state index < -0.39 is 35.5 Å². The van der Waals surface area contributed by atoms with Crippen molar-refractivity contribution < 1.29 is 27.6 Å². The molecule has 1 N–H and O–H groups in total. The molecule has 0 spiro atoms. The largest absolute Gasteiger partial charge is 0.416 e.